The van der Waals surface area contributed by atoms with Crippen LogP contribution in [-0.4, -0.2) is 13.3 Å². The molecule has 0 rings (SSSR count). The van der Waals surface area contributed by atoms with E-state index in [-0.39, 0.29) is 0 Å². The van der Waals surface area contributed by atoms with Crippen LogP contribution in [0.25, 0.3) is 0 Å². The maximum atomic E-state index is 4.02. The van der Waals surface area contributed by atoms with E-state index < -0.39 is 0 Å². The molecule has 0 aliphatic heterocycles. The second-order valence-electron chi connectivity index (χ2n) is 4.26. The zero-order chi connectivity index (χ0) is 12.2. The van der Waals surface area contributed by atoms with Gasteiger partial charge < -0.3 is 0 Å². The Morgan fingerprint density at radius 1 is 1.19 bits per heavy atom. The molecule has 0 amide bonds. The van der Waals surface area contributed by atoms with Gasteiger partial charge in [-0.25, -0.2) is 0 Å². The lowest BCUT2D eigenvalue weighted by Gasteiger charge is -2.17. The van der Waals surface area contributed by atoms with Crippen molar-refractivity contribution in [3.05, 3.63) is 24.3 Å². The Labute approximate surface area is 101 Å². The van der Waals surface area contributed by atoms with Gasteiger partial charge in [-0.1, -0.05) is 52.2 Å². The smallest absolute Gasteiger partial charge is 0.0277 e. The van der Waals surface area contributed by atoms with Crippen LogP contribution in [0.15, 0.2) is 29.3 Å². The lowest BCUT2D eigenvalue weighted by Crippen LogP contribution is -2.03. The molecule has 0 saturated carbocycles. The average Bonchev–Trinajstić information content (AvgIpc) is 2.32. The van der Waals surface area contributed by atoms with Gasteiger partial charge in [0.05, 0.1) is 0 Å². The largest absolute Gasteiger partial charge is 0.297 e. The first-order valence-electron chi connectivity index (χ1n) is 6.54. The number of allylic oxidation sites excluding steroid dienone is 3. The summed E-state index contributed by atoms with van der Waals surface area (Å²) in [5.41, 5.74) is 1.35. The fraction of sp³-hybridized carbons (Fsp3) is 0.667. The first-order valence-corrected chi connectivity index (χ1v) is 6.54. The molecule has 0 aliphatic rings. The molecule has 0 aromatic rings. The van der Waals surface area contributed by atoms with E-state index >= 15 is 0 Å². The molecule has 92 valence electrons. The van der Waals surface area contributed by atoms with Crippen molar-refractivity contribution in [1.29, 1.82) is 0 Å². The summed E-state index contributed by atoms with van der Waals surface area (Å²) in [6, 6.07) is 0. The SMILES string of the molecule is C=C/C(=C\C=N/C)C(CCCC)CCCC. The first kappa shape index (κ1) is 15.2. The molecule has 0 heterocycles. The van der Waals surface area contributed by atoms with E-state index in [0.29, 0.717) is 5.92 Å². The minimum atomic E-state index is 0.676. The number of aliphatic imine (C=N–C) groups is 1. The molecule has 0 aliphatic carbocycles. The fourth-order valence-corrected chi connectivity index (χ4v) is 1.91. The molecule has 0 fully saturated rings. The lowest BCUT2D eigenvalue weighted by molar-refractivity contribution is 0.483. The van der Waals surface area contributed by atoms with Crippen LogP contribution in [0.2, 0.25) is 0 Å². The summed E-state index contributed by atoms with van der Waals surface area (Å²) in [4.78, 5) is 4.02. The van der Waals surface area contributed by atoms with E-state index in [4.69, 9.17) is 0 Å². The van der Waals surface area contributed by atoms with Crippen molar-refractivity contribution >= 4 is 6.21 Å². The van der Waals surface area contributed by atoms with Crippen LogP contribution in [0.4, 0.5) is 0 Å². The molecule has 0 N–H and O–H groups in total. The highest BCUT2D eigenvalue weighted by Gasteiger charge is 2.10. The molecule has 0 aromatic carbocycles. The average molecular weight is 221 g/mol. The molecular weight excluding hydrogens is 194 g/mol. The van der Waals surface area contributed by atoms with Crippen molar-refractivity contribution in [3.63, 3.8) is 0 Å². The molecule has 1 nitrogen and oxygen atoms in total. The third kappa shape index (κ3) is 6.60. The van der Waals surface area contributed by atoms with E-state index in [2.05, 4.69) is 31.5 Å². The van der Waals surface area contributed by atoms with Crippen molar-refractivity contribution in [2.75, 3.05) is 7.05 Å². The van der Waals surface area contributed by atoms with Gasteiger partial charge in [0, 0.05) is 13.3 Å². The normalized spacial score (nSPS) is 12.6. The van der Waals surface area contributed by atoms with Crippen LogP contribution in [0, 0.1) is 5.92 Å². The predicted molar refractivity (Wildman–Crippen MR) is 75.2 cm³/mol. The second-order valence-corrected chi connectivity index (χ2v) is 4.26. The molecule has 0 aromatic heterocycles. The van der Waals surface area contributed by atoms with Crippen molar-refractivity contribution in [1.82, 2.24) is 0 Å². The lowest BCUT2D eigenvalue weighted by atomic mass is 9.88. The van der Waals surface area contributed by atoms with Crippen LogP contribution >= 0.6 is 0 Å². The summed E-state index contributed by atoms with van der Waals surface area (Å²) in [6.45, 7) is 8.42. The van der Waals surface area contributed by atoms with Crippen molar-refractivity contribution < 1.29 is 0 Å². The molecule has 0 saturated heterocycles. The van der Waals surface area contributed by atoms with Crippen molar-refractivity contribution in [3.8, 4) is 0 Å². The van der Waals surface area contributed by atoms with Gasteiger partial charge in [-0.3, -0.25) is 4.99 Å². The fourth-order valence-electron chi connectivity index (χ4n) is 1.91. The second kappa shape index (κ2) is 10.7. The quantitative estimate of drug-likeness (QED) is 0.392. The molecule has 0 spiro atoms. The van der Waals surface area contributed by atoms with Crippen LogP contribution in [0.1, 0.15) is 52.4 Å². The summed E-state index contributed by atoms with van der Waals surface area (Å²) >= 11 is 0. The Balaban J connectivity index is 4.47. The van der Waals surface area contributed by atoms with E-state index in [1.807, 2.05) is 19.3 Å². The highest BCUT2D eigenvalue weighted by atomic mass is 14.6. The molecule has 1 heteroatoms. The number of hydrogen-bond donors (Lipinski definition) is 0. The number of nitrogens with zero attached hydrogens (tertiary/aromatic N) is 1. The van der Waals surface area contributed by atoms with E-state index in [9.17, 15) is 0 Å². The molecular formula is C15H27N. The van der Waals surface area contributed by atoms with Gasteiger partial charge in [0.2, 0.25) is 0 Å². The summed E-state index contributed by atoms with van der Waals surface area (Å²) in [5.74, 6) is 0.676. The highest BCUT2D eigenvalue weighted by molar-refractivity contribution is 5.72. The topological polar surface area (TPSA) is 12.4 Å². The zero-order valence-electron chi connectivity index (χ0n) is 11.2. The van der Waals surface area contributed by atoms with E-state index in [1.54, 1.807) is 0 Å². The Hall–Kier alpha value is -0.850. The minimum Gasteiger partial charge on any atom is -0.297 e. The number of hydrogen-bond acceptors (Lipinski definition) is 1. The van der Waals surface area contributed by atoms with Crippen LogP contribution in [0.3, 0.4) is 0 Å². The van der Waals surface area contributed by atoms with E-state index in [0.717, 1.165) is 0 Å². The van der Waals surface area contributed by atoms with Gasteiger partial charge in [-0.2, -0.15) is 0 Å². The van der Waals surface area contributed by atoms with Crippen LogP contribution in [0.5, 0.6) is 0 Å². The Kier molecular flexibility index (Phi) is 10.1. The number of rotatable bonds is 9. The molecule has 0 bridgehead atoms. The van der Waals surface area contributed by atoms with E-state index in [1.165, 1.54) is 44.1 Å². The standard InChI is InChI=1S/C15H27N/c1-5-8-10-15(11-9-6-2)14(7-3)12-13-16-4/h7,12-13,15H,3,5-6,8-11H2,1-2,4H3/b14-12+,16-13-. The van der Waals surface area contributed by atoms with Gasteiger partial charge in [0.25, 0.3) is 0 Å². The number of unbranched alkanes of at least 4 members (excludes halogenated alkanes) is 2. The van der Waals surface area contributed by atoms with Crippen LogP contribution < -0.4 is 0 Å². The van der Waals surface area contributed by atoms with Gasteiger partial charge >= 0.3 is 0 Å². The third-order valence-corrected chi connectivity index (χ3v) is 2.94. The Morgan fingerprint density at radius 2 is 1.75 bits per heavy atom. The molecule has 0 radical (unpaired) electrons. The van der Waals surface area contributed by atoms with Crippen molar-refractivity contribution in [2.24, 2.45) is 10.9 Å². The van der Waals surface area contributed by atoms with Gasteiger partial charge in [-0.05, 0) is 30.4 Å². The van der Waals surface area contributed by atoms with Gasteiger partial charge in [-0.15, -0.1) is 0 Å². The highest BCUT2D eigenvalue weighted by Crippen LogP contribution is 2.24. The molecule has 0 unspecified atom stereocenters. The summed E-state index contributed by atoms with van der Waals surface area (Å²) in [7, 11) is 1.81. The maximum Gasteiger partial charge on any atom is 0.0277 e. The predicted octanol–water partition coefficient (Wildman–Crippen LogP) is 4.80. The minimum absolute atomic E-state index is 0.676. The van der Waals surface area contributed by atoms with Crippen LogP contribution in [-0.2, 0) is 0 Å². The van der Waals surface area contributed by atoms with Gasteiger partial charge in [0.1, 0.15) is 0 Å². The third-order valence-electron chi connectivity index (χ3n) is 2.94. The maximum absolute atomic E-state index is 4.02. The summed E-state index contributed by atoms with van der Waals surface area (Å²) in [6.07, 6.45) is 13.7. The van der Waals surface area contributed by atoms with Gasteiger partial charge in [0.15, 0.2) is 0 Å². The molecule has 16 heavy (non-hydrogen) atoms. The zero-order valence-corrected chi connectivity index (χ0v) is 11.2. The Bertz CT molecular complexity index is 218. The summed E-state index contributed by atoms with van der Waals surface area (Å²) < 4.78 is 0. The van der Waals surface area contributed by atoms with Crippen molar-refractivity contribution in [2.45, 2.75) is 52.4 Å². The first-order chi connectivity index (χ1) is 7.79. The summed E-state index contributed by atoms with van der Waals surface area (Å²) in [5, 5.41) is 0. The molecule has 0 atom stereocenters. The Morgan fingerprint density at radius 3 is 2.12 bits per heavy atom. The monoisotopic (exact) mass is 221 g/mol.